The van der Waals surface area contributed by atoms with Crippen LogP contribution >= 0.6 is 0 Å². The van der Waals surface area contributed by atoms with Crippen molar-refractivity contribution in [1.29, 1.82) is 0 Å². The molecule has 0 bridgehead atoms. The number of anilines is 4. The van der Waals surface area contributed by atoms with Gasteiger partial charge in [0, 0.05) is 115 Å². The minimum Gasteiger partial charge on any atom is -0.381 e. The minimum absolute atomic E-state index is 0.186. The number of fused-ring (bicyclic) bond motifs is 2. The van der Waals surface area contributed by atoms with Crippen molar-refractivity contribution in [3.8, 4) is 0 Å². The monoisotopic (exact) mass is 774 g/mol. The van der Waals surface area contributed by atoms with E-state index < -0.39 is 0 Å². The number of piperidine rings is 3. The number of hydrogen-bond acceptors (Lipinski definition) is 12. The Morgan fingerprint density at radius 3 is 2.39 bits per heavy atom. The van der Waals surface area contributed by atoms with E-state index in [-0.39, 0.29) is 23.9 Å². The number of carbonyl (C=O) groups excluding carboxylic acids is 2. The minimum atomic E-state index is -0.329. The third kappa shape index (κ3) is 7.92. The number of piperazine rings is 1. The molecule has 5 aromatic rings. The molecule has 0 spiro atoms. The fourth-order valence-electron chi connectivity index (χ4n) is 9.15. The van der Waals surface area contributed by atoms with Gasteiger partial charge >= 0.3 is 0 Å². The normalized spacial score (nSPS) is 20.9. The summed E-state index contributed by atoms with van der Waals surface area (Å²) in [4.78, 5) is 48.2. The zero-order chi connectivity index (χ0) is 39.0. The van der Waals surface area contributed by atoms with Crippen LogP contribution in [0.15, 0.2) is 55.1 Å². The summed E-state index contributed by atoms with van der Waals surface area (Å²) in [6, 6.07) is 11.0. The topological polar surface area (TPSA) is 142 Å². The summed E-state index contributed by atoms with van der Waals surface area (Å²) in [5.74, 6) is 2.81. The summed E-state index contributed by atoms with van der Waals surface area (Å²) in [6.07, 6.45) is 13.2. The molecular weight excluding hydrogens is 721 g/mol. The molecule has 0 saturated carbocycles. The van der Waals surface area contributed by atoms with Gasteiger partial charge in [-0.05, 0) is 74.4 Å². The number of carbonyl (C=O) groups is 2. The number of amides is 2. The molecule has 4 fully saturated rings. The number of hydrogen-bond donors (Lipinski definition) is 2. The van der Waals surface area contributed by atoms with Crippen LogP contribution in [0.25, 0.3) is 21.7 Å². The molecule has 15 heteroatoms. The van der Waals surface area contributed by atoms with Gasteiger partial charge in [-0.15, -0.1) is 0 Å². The summed E-state index contributed by atoms with van der Waals surface area (Å²) in [5.41, 5.74) is 2.35. The Bertz CT molecular complexity index is 2230. The van der Waals surface area contributed by atoms with Gasteiger partial charge in [0.15, 0.2) is 5.82 Å². The number of nitrogens with zero attached hydrogens (tertiary/aromatic N) is 10. The molecule has 4 aliphatic rings. The van der Waals surface area contributed by atoms with Crippen LogP contribution in [-0.4, -0.2) is 123 Å². The fourth-order valence-corrected chi connectivity index (χ4v) is 9.15. The molecule has 4 aromatic heterocycles. The number of methoxy groups -OCH3 is 1. The number of pyridine rings is 1. The maximum absolute atomic E-state index is 12.4. The van der Waals surface area contributed by atoms with Crippen molar-refractivity contribution in [2.75, 3.05) is 74.6 Å². The van der Waals surface area contributed by atoms with Crippen molar-refractivity contribution >= 4 is 56.9 Å². The molecule has 300 valence electrons. The Morgan fingerprint density at radius 1 is 0.860 bits per heavy atom. The van der Waals surface area contributed by atoms with Crippen LogP contribution in [0.5, 0.6) is 0 Å². The highest BCUT2D eigenvalue weighted by molar-refractivity contribution is 5.99. The predicted molar refractivity (Wildman–Crippen MR) is 221 cm³/mol. The van der Waals surface area contributed by atoms with E-state index in [0.717, 1.165) is 130 Å². The lowest BCUT2D eigenvalue weighted by atomic mass is 10.0. The third-order valence-electron chi connectivity index (χ3n) is 12.4. The molecule has 1 unspecified atom stereocenters. The highest BCUT2D eigenvalue weighted by atomic mass is 16.5. The summed E-state index contributed by atoms with van der Waals surface area (Å²) in [6.45, 7) is 13.2. The second-order valence-electron chi connectivity index (χ2n) is 16.4. The second-order valence-corrected chi connectivity index (χ2v) is 16.4. The quantitative estimate of drug-likeness (QED) is 0.187. The van der Waals surface area contributed by atoms with Crippen molar-refractivity contribution in [2.24, 2.45) is 0 Å². The van der Waals surface area contributed by atoms with Gasteiger partial charge in [-0.3, -0.25) is 29.4 Å². The molecular formula is C42H54N12O3. The molecule has 57 heavy (non-hydrogen) atoms. The first-order valence-corrected chi connectivity index (χ1v) is 20.7. The summed E-state index contributed by atoms with van der Waals surface area (Å²) in [7, 11) is 1.78. The molecule has 0 aliphatic carbocycles. The van der Waals surface area contributed by atoms with E-state index in [1.165, 1.54) is 5.56 Å². The molecule has 1 aromatic carbocycles. The zero-order valence-corrected chi connectivity index (χ0v) is 33.3. The number of aromatic nitrogens is 6. The van der Waals surface area contributed by atoms with Crippen LogP contribution in [0.1, 0.15) is 70.0 Å². The number of nitrogens with one attached hydrogen (secondary N) is 2. The van der Waals surface area contributed by atoms with Gasteiger partial charge in [-0.1, -0.05) is 12.1 Å². The van der Waals surface area contributed by atoms with E-state index in [4.69, 9.17) is 19.8 Å². The van der Waals surface area contributed by atoms with E-state index >= 15 is 0 Å². The Kier molecular flexibility index (Phi) is 10.5. The Labute approximate surface area is 333 Å². The van der Waals surface area contributed by atoms with Crippen LogP contribution < -0.4 is 20.4 Å². The highest BCUT2D eigenvalue weighted by Gasteiger charge is 2.31. The fraction of sp³-hybridized carbons (Fsp3) is 0.524. The third-order valence-corrected chi connectivity index (χ3v) is 12.4. The molecule has 2 N–H and O–H groups in total. The van der Waals surface area contributed by atoms with Gasteiger partial charge in [0.2, 0.25) is 17.8 Å². The van der Waals surface area contributed by atoms with E-state index in [0.29, 0.717) is 25.0 Å². The second kappa shape index (κ2) is 16.0. The average Bonchev–Trinajstić information content (AvgIpc) is 3.83. The molecule has 4 aliphatic heterocycles. The maximum atomic E-state index is 12.4. The van der Waals surface area contributed by atoms with Crippen LogP contribution in [0.2, 0.25) is 0 Å². The van der Waals surface area contributed by atoms with Crippen molar-refractivity contribution in [3.05, 3.63) is 60.7 Å². The van der Waals surface area contributed by atoms with E-state index in [9.17, 15) is 9.59 Å². The van der Waals surface area contributed by atoms with Crippen LogP contribution in [0.3, 0.4) is 0 Å². The molecule has 0 radical (unpaired) electrons. The Hall–Kier alpha value is -5.12. The van der Waals surface area contributed by atoms with Crippen molar-refractivity contribution in [1.82, 2.24) is 44.4 Å². The molecule has 8 heterocycles. The zero-order valence-electron chi connectivity index (χ0n) is 33.3. The molecule has 9 rings (SSSR count). The number of ether oxygens (including phenoxy) is 1. The smallest absolute Gasteiger partial charge is 0.249 e. The first kappa shape index (κ1) is 37.5. The van der Waals surface area contributed by atoms with Crippen molar-refractivity contribution in [3.63, 3.8) is 0 Å². The van der Waals surface area contributed by atoms with Crippen molar-refractivity contribution in [2.45, 2.75) is 83.1 Å². The van der Waals surface area contributed by atoms with E-state index in [1.54, 1.807) is 13.3 Å². The summed E-state index contributed by atoms with van der Waals surface area (Å²) in [5, 5.41) is 14.4. The summed E-state index contributed by atoms with van der Waals surface area (Å²) >= 11 is 0. The first-order valence-electron chi connectivity index (χ1n) is 20.7. The molecule has 1 atom stereocenters. The predicted octanol–water partition coefficient (Wildman–Crippen LogP) is 4.88. The Balaban J connectivity index is 0.794. The van der Waals surface area contributed by atoms with Gasteiger partial charge in [-0.2, -0.15) is 10.1 Å². The van der Waals surface area contributed by atoms with Gasteiger partial charge < -0.3 is 24.4 Å². The van der Waals surface area contributed by atoms with Crippen LogP contribution in [-0.2, 0) is 20.9 Å². The summed E-state index contributed by atoms with van der Waals surface area (Å²) < 4.78 is 9.63. The van der Waals surface area contributed by atoms with Crippen LogP contribution in [0.4, 0.5) is 23.4 Å². The molecule has 4 saturated heterocycles. The largest absolute Gasteiger partial charge is 0.381 e. The van der Waals surface area contributed by atoms with Gasteiger partial charge in [0.25, 0.3) is 0 Å². The van der Waals surface area contributed by atoms with Gasteiger partial charge in [0.05, 0.1) is 17.0 Å². The maximum Gasteiger partial charge on any atom is 0.249 e. The van der Waals surface area contributed by atoms with E-state index in [1.807, 2.05) is 23.0 Å². The van der Waals surface area contributed by atoms with E-state index in [2.05, 4.69) is 84.2 Å². The van der Waals surface area contributed by atoms with Crippen molar-refractivity contribution < 1.29 is 14.3 Å². The number of benzene rings is 1. The molecule has 2 amide bonds. The van der Waals surface area contributed by atoms with Gasteiger partial charge in [0.1, 0.15) is 17.7 Å². The van der Waals surface area contributed by atoms with Gasteiger partial charge in [-0.25, -0.2) is 9.97 Å². The lowest BCUT2D eigenvalue weighted by molar-refractivity contribution is -0.135. The number of imide groups is 1. The molecule has 15 nitrogen and oxygen atoms in total. The average molecular weight is 775 g/mol. The highest BCUT2D eigenvalue weighted by Crippen LogP contribution is 2.33. The Morgan fingerprint density at radius 2 is 1.63 bits per heavy atom. The lowest BCUT2D eigenvalue weighted by Gasteiger charge is -2.43. The first-order chi connectivity index (χ1) is 27.8. The number of rotatable bonds is 10. The SMILES string of the molecule is COC1CCN(c2nccc(Nc3cc4c(cn3)c(N3CCC(N5CCN(Cc6ccc7cn(C8CCC(=O)NC8=O)cc7c6)CC5)CC3)nn4C(C)C)n2)CC1. The lowest BCUT2D eigenvalue weighted by Crippen LogP contribution is -2.53. The van der Waals surface area contributed by atoms with Crippen LogP contribution in [0, 0.1) is 0 Å². The standard InChI is InChI=1S/C42H54N12O3/c1-28(2)54-36-23-38(45-37-8-13-43-42(46-37)52-16-11-33(57-3)12-17-52)44-24-34(36)40(48-54)51-14-9-32(10-15-51)50-20-18-49(19-21-50)25-29-4-5-30-26-53(27-31(30)22-29)35-6-7-39(55)47-41(35)56/h4-5,8,13,22-24,26-28,32-33,35H,6-7,9-12,14-21,25H2,1-3H3,(H,47,55,56)(H,43,44,45,46).